The zero-order valence-electron chi connectivity index (χ0n) is 19.3. The molecule has 4 aromatic heterocycles. The summed E-state index contributed by atoms with van der Waals surface area (Å²) in [5.41, 5.74) is -0.842. The number of sulfonamides is 1. The summed E-state index contributed by atoms with van der Waals surface area (Å²) < 4.78 is 38.1. The summed E-state index contributed by atoms with van der Waals surface area (Å²) in [4.78, 5) is 32.3. The molecule has 5 rings (SSSR count). The van der Waals surface area contributed by atoms with Gasteiger partial charge >= 0.3 is 5.69 Å². The number of thiazole rings is 1. The fourth-order valence-corrected chi connectivity index (χ4v) is 7.54. The second kappa shape index (κ2) is 8.78. The van der Waals surface area contributed by atoms with E-state index < -0.39 is 26.8 Å². The molecule has 4 aromatic rings. The van der Waals surface area contributed by atoms with E-state index in [1.54, 1.807) is 37.4 Å². The molecule has 1 aliphatic rings. The maximum Gasteiger partial charge on any atom is 0.332 e. The Morgan fingerprint density at radius 1 is 1.17 bits per heavy atom. The van der Waals surface area contributed by atoms with E-state index in [1.807, 2.05) is 6.92 Å². The van der Waals surface area contributed by atoms with Crippen molar-refractivity contribution in [2.45, 2.75) is 49.2 Å². The minimum atomic E-state index is -3.84. The molecular weight excluding hydrogens is 512 g/mol. The number of thiophene rings is 1. The number of fused-ring (bicyclic) bond motifs is 1. The first-order valence-corrected chi connectivity index (χ1v) is 13.9. The normalized spacial score (nSPS) is 15.2. The van der Waals surface area contributed by atoms with Gasteiger partial charge in [-0.05, 0) is 25.8 Å². The van der Waals surface area contributed by atoms with Crippen molar-refractivity contribution in [3.63, 3.8) is 0 Å². The van der Waals surface area contributed by atoms with Crippen molar-refractivity contribution >= 4 is 42.9 Å². The van der Waals surface area contributed by atoms with Gasteiger partial charge in [-0.25, -0.2) is 22.9 Å². The summed E-state index contributed by atoms with van der Waals surface area (Å²) in [5.74, 6) is 0. The third-order valence-corrected chi connectivity index (χ3v) is 10.0. The highest BCUT2D eigenvalue weighted by Crippen LogP contribution is 2.37. The van der Waals surface area contributed by atoms with E-state index in [-0.39, 0.29) is 22.7 Å². The molecule has 0 saturated heterocycles. The number of rotatable bonds is 9. The molecule has 0 amide bonds. The van der Waals surface area contributed by atoms with E-state index in [0.717, 1.165) is 38.6 Å². The molecule has 35 heavy (non-hydrogen) atoms. The Bertz CT molecular complexity index is 1640. The van der Waals surface area contributed by atoms with Gasteiger partial charge in [0.15, 0.2) is 0 Å². The molecule has 14 heteroatoms. The van der Waals surface area contributed by atoms with E-state index in [1.165, 1.54) is 22.0 Å². The molecular formula is C21H24N6O5S3. The van der Waals surface area contributed by atoms with Crippen LogP contribution in [0.25, 0.3) is 10.2 Å². The van der Waals surface area contributed by atoms with Gasteiger partial charge in [-0.2, -0.15) is 5.10 Å². The molecule has 0 spiro atoms. The highest BCUT2D eigenvalue weighted by atomic mass is 32.2. The molecule has 0 atom stereocenters. The number of nitrogens with one attached hydrogen (secondary N) is 1. The largest absolute Gasteiger partial charge is 0.378 e. The standard InChI is InChI=1S/C21H24N6O5S3/c1-21(4-5-21)24-35(30,31)17-6-15-18(28)26(10-13-7-23-25(2)9-13)20(29)27(19(15)34-17)11-14-8-22-16(33-14)12-32-3/h6-9,24H,4-5,10-12H2,1-3H3. The van der Waals surface area contributed by atoms with Gasteiger partial charge < -0.3 is 4.74 Å². The third kappa shape index (κ3) is 4.76. The lowest BCUT2D eigenvalue weighted by Crippen LogP contribution is -2.40. The van der Waals surface area contributed by atoms with Gasteiger partial charge in [0.2, 0.25) is 0 Å². The van der Waals surface area contributed by atoms with Crippen LogP contribution in [0.15, 0.2) is 38.5 Å². The number of nitrogens with zero attached hydrogens (tertiary/aromatic N) is 5. The molecule has 1 fully saturated rings. The van der Waals surface area contributed by atoms with Crippen LogP contribution < -0.4 is 16.0 Å². The molecule has 0 bridgehead atoms. The average Bonchev–Trinajstić information content (AvgIpc) is 3.21. The van der Waals surface area contributed by atoms with Gasteiger partial charge in [0.1, 0.15) is 14.0 Å². The van der Waals surface area contributed by atoms with Gasteiger partial charge in [-0.3, -0.25) is 18.6 Å². The van der Waals surface area contributed by atoms with Crippen LogP contribution >= 0.6 is 22.7 Å². The Balaban J connectivity index is 1.65. The lowest BCUT2D eigenvalue weighted by Gasteiger charge is -2.11. The second-order valence-corrected chi connectivity index (χ2v) is 13.0. The van der Waals surface area contributed by atoms with Crippen LogP contribution in [0.5, 0.6) is 0 Å². The number of aromatic nitrogens is 5. The summed E-state index contributed by atoms with van der Waals surface area (Å²) in [6, 6.07) is 1.37. The molecule has 0 unspecified atom stereocenters. The number of methoxy groups -OCH3 is 1. The fourth-order valence-electron chi connectivity index (χ4n) is 3.76. The van der Waals surface area contributed by atoms with Gasteiger partial charge in [0.25, 0.3) is 15.6 Å². The van der Waals surface area contributed by atoms with E-state index in [2.05, 4.69) is 14.8 Å². The highest BCUT2D eigenvalue weighted by molar-refractivity contribution is 7.91. The highest BCUT2D eigenvalue weighted by Gasteiger charge is 2.41. The molecule has 1 aliphatic carbocycles. The lowest BCUT2D eigenvalue weighted by molar-refractivity contribution is 0.184. The quantitative estimate of drug-likeness (QED) is 0.343. The van der Waals surface area contributed by atoms with Crippen molar-refractivity contribution in [1.82, 2.24) is 28.6 Å². The van der Waals surface area contributed by atoms with Crippen molar-refractivity contribution in [3.8, 4) is 0 Å². The predicted octanol–water partition coefficient (Wildman–Crippen LogP) is 1.49. The Labute approximate surface area is 208 Å². The van der Waals surface area contributed by atoms with Crippen LogP contribution in [0.3, 0.4) is 0 Å². The SMILES string of the molecule is COCc1ncc(Cn2c(=O)n(Cc3cnn(C)c3)c(=O)c3cc(S(=O)(=O)NC4(C)CC4)sc32)s1. The van der Waals surface area contributed by atoms with Crippen LogP contribution in [0.4, 0.5) is 0 Å². The van der Waals surface area contributed by atoms with Gasteiger partial charge in [-0.1, -0.05) is 0 Å². The molecule has 11 nitrogen and oxygen atoms in total. The van der Waals surface area contributed by atoms with Crippen LogP contribution in [0.1, 0.15) is 35.2 Å². The summed E-state index contributed by atoms with van der Waals surface area (Å²) >= 11 is 2.32. The Hall–Kier alpha value is -2.65. The molecule has 186 valence electrons. The van der Waals surface area contributed by atoms with Crippen molar-refractivity contribution in [3.05, 3.63) is 60.9 Å². The maximum absolute atomic E-state index is 13.5. The van der Waals surface area contributed by atoms with Crippen LogP contribution in [-0.4, -0.2) is 45.0 Å². The van der Waals surface area contributed by atoms with Crippen LogP contribution in [-0.2, 0) is 41.5 Å². The second-order valence-electron chi connectivity index (χ2n) is 8.89. The van der Waals surface area contributed by atoms with Crippen molar-refractivity contribution in [2.75, 3.05) is 7.11 Å². The maximum atomic E-state index is 13.5. The average molecular weight is 537 g/mol. The van der Waals surface area contributed by atoms with Crippen molar-refractivity contribution in [1.29, 1.82) is 0 Å². The lowest BCUT2D eigenvalue weighted by atomic mass is 10.3. The van der Waals surface area contributed by atoms with Crippen molar-refractivity contribution < 1.29 is 13.2 Å². The van der Waals surface area contributed by atoms with Crippen molar-refractivity contribution in [2.24, 2.45) is 7.05 Å². The predicted molar refractivity (Wildman–Crippen MR) is 133 cm³/mol. The molecule has 4 heterocycles. The van der Waals surface area contributed by atoms with E-state index in [9.17, 15) is 18.0 Å². The zero-order chi connectivity index (χ0) is 25.0. The number of hydrogen-bond donors (Lipinski definition) is 1. The van der Waals surface area contributed by atoms with Gasteiger partial charge in [-0.15, -0.1) is 22.7 Å². The summed E-state index contributed by atoms with van der Waals surface area (Å²) in [7, 11) is -0.518. The minimum Gasteiger partial charge on any atom is -0.378 e. The van der Waals surface area contributed by atoms with E-state index >= 15 is 0 Å². The van der Waals surface area contributed by atoms with Crippen LogP contribution in [0.2, 0.25) is 0 Å². The van der Waals surface area contributed by atoms with E-state index in [4.69, 9.17) is 4.74 Å². The first kappa shape index (κ1) is 24.1. The number of hydrogen-bond acceptors (Lipinski definition) is 9. The number of aryl methyl sites for hydroxylation is 1. The zero-order valence-corrected chi connectivity index (χ0v) is 21.8. The molecule has 1 N–H and O–H groups in total. The van der Waals surface area contributed by atoms with E-state index in [0.29, 0.717) is 17.0 Å². The fraction of sp³-hybridized carbons (Fsp3) is 0.429. The Morgan fingerprint density at radius 2 is 1.94 bits per heavy atom. The minimum absolute atomic E-state index is 0.00868. The summed E-state index contributed by atoms with van der Waals surface area (Å²) in [5, 5.41) is 5.05. The topological polar surface area (TPSA) is 130 Å². The number of ether oxygens (including phenoxy) is 1. The van der Waals surface area contributed by atoms with Crippen LogP contribution in [0, 0.1) is 0 Å². The first-order chi connectivity index (χ1) is 16.6. The first-order valence-electron chi connectivity index (χ1n) is 10.8. The molecule has 0 radical (unpaired) electrons. The third-order valence-electron chi connectivity index (χ3n) is 5.80. The molecule has 0 aromatic carbocycles. The molecule has 0 aliphatic heterocycles. The monoisotopic (exact) mass is 536 g/mol. The smallest absolute Gasteiger partial charge is 0.332 e. The Morgan fingerprint density at radius 3 is 2.60 bits per heavy atom. The summed E-state index contributed by atoms with van der Waals surface area (Å²) in [6.45, 7) is 2.36. The van der Waals surface area contributed by atoms with Gasteiger partial charge in [0.05, 0.1) is 31.3 Å². The molecule has 1 saturated carbocycles. The van der Waals surface area contributed by atoms with Gasteiger partial charge in [0, 0.05) is 42.5 Å². The summed E-state index contributed by atoms with van der Waals surface area (Å²) in [6.07, 6.45) is 6.49. The Kier molecular flexibility index (Phi) is 6.04.